The maximum atomic E-state index is 13.0. The average molecular weight is 397 g/mol. The molecule has 1 aliphatic rings. The van der Waals surface area contributed by atoms with Crippen molar-refractivity contribution in [1.29, 1.82) is 0 Å². The summed E-state index contributed by atoms with van der Waals surface area (Å²) >= 11 is 0. The molecule has 0 saturated heterocycles. The molecule has 1 N–H and O–H groups in total. The van der Waals surface area contributed by atoms with Gasteiger partial charge < -0.3 is 15.1 Å². The molecule has 1 aromatic carbocycles. The van der Waals surface area contributed by atoms with Gasteiger partial charge in [0.25, 0.3) is 11.8 Å². The molecule has 8 nitrogen and oxygen atoms in total. The Balaban J connectivity index is 1.71. The Morgan fingerprint density at radius 3 is 2.69 bits per heavy atom. The minimum atomic E-state index is -0.375. The van der Waals surface area contributed by atoms with Crippen molar-refractivity contribution in [2.45, 2.75) is 32.9 Å². The predicted molar refractivity (Wildman–Crippen MR) is 108 cm³/mol. The molecule has 154 valence electrons. The summed E-state index contributed by atoms with van der Waals surface area (Å²) in [4.78, 5) is 40.7. The van der Waals surface area contributed by atoms with E-state index in [0.717, 1.165) is 18.4 Å². The first-order valence-corrected chi connectivity index (χ1v) is 9.92. The van der Waals surface area contributed by atoms with Crippen LogP contribution in [0.3, 0.4) is 0 Å². The van der Waals surface area contributed by atoms with E-state index in [1.807, 2.05) is 37.3 Å². The van der Waals surface area contributed by atoms with Crippen molar-refractivity contribution in [2.24, 2.45) is 0 Å². The first-order valence-electron chi connectivity index (χ1n) is 9.92. The standard InChI is InChI=1S/C21H27N5O3/c1-3-10-22-19(27)15-24(2)20(28)17-13-18-21(29)25(11-7-12-26(18)23-17)14-16-8-5-4-6-9-16/h4-6,8-9,13H,3,7,10-12,14-15H2,1-2H3,(H,22,27). The fourth-order valence-corrected chi connectivity index (χ4v) is 3.30. The van der Waals surface area contributed by atoms with Crippen LogP contribution in [0.4, 0.5) is 0 Å². The van der Waals surface area contributed by atoms with E-state index in [1.165, 1.54) is 11.0 Å². The minimum Gasteiger partial charge on any atom is -0.355 e. The van der Waals surface area contributed by atoms with Crippen LogP contribution < -0.4 is 5.32 Å². The summed E-state index contributed by atoms with van der Waals surface area (Å²) in [6, 6.07) is 11.4. The third-order valence-electron chi connectivity index (χ3n) is 4.82. The third kappa shape index (κ3) is 5.01. The van der Waals surface area contributed by atoms with Gasteiger partial charge in [0.1, 0.15) is 5.69 Å². The highest BCUT2D eigenvalue weighted by atomic mass is 16.2. The normalized spacial score (nSPS) is 13.6. The summed E-state index contributed by atoms with van der Waals surface area (Å²) in [5, 5.41) is 7.08. The van der Waals surface area contributed by atoms with E-state index < -0.39 is 0 Å². The van der Waals surface area contributed by atoms with Crippen LogP contribution in [0.25, 0.3) is 0 Å². The number of hydrogen-bond acceptors (Lipinski definition) is 4. The molecule has 3 amide bonds. The van der Waals surface area contributed by atoms with Crippen molar-refractivity contribution in [2.75, 3.05) is 26.7 Å². The molecule has 2 heterocycles. The Morgan fingerprint density at radius 2 is 1.97 bits per heavy atom. The first-order chi connectivity index (χ1) is 14.0. The Labute approximate surface area is 170 Å². The Kier molecular flexibility index (Phi) is 6.64. The summed E-state index contributed by atoms with van der Waals surface area (Å²) in [5.74, 6) is -0.727. The van der Waals surface area contributed by atoms with Gasteiger partial charge in [-0.1, -0.05) is 37.3 Å². The number of nitrogens with zero attached hydrogens (tertiary/aromatic N) is 4. The maximum Gasteiger partial charge on any atom is 0.274 e. The monoisotopic (exact) mass is 397 g/mol. The van der Waals surface area contributed by atoms with E-state index in [9.17, 15) is 14.4 Å². The number of fused-ring (bicyclic) bond motifs is 1. The molecule has 0 spiro atoms. The molecule has 0 atom stereocenters. The average Bonchev–Trinajstić information content (AvgIpc) is 3.09. The van der Waals surface area contributed by atoms with Gasteiger partial charge in [0.2, 0.25) is 5.91 Å². The summed E-state index contributed by atoms with van der Waals surface area (Å²) in [6.45, 7) is 4.22. The zero-order chi connectivity index (χ0) is 20.8. The summed E-state index contributed by atoms with van der Waals surface area (Å²) in [7, 11) is 1.56. The van der Waals surface area contributed by atoms with Gasteiger partial charge in [-0.05, 0) is 18.4 Å². The second kappa shape index (κ2) is 9.36. The molecule has 0 fully saturated rings. The SMILES string of the molecule is CCCNC(=O)CN(C)C(=O)c1cc2n(n1)CCCN(Cc1ccccc1)C2=O. The molecule has 0 saturated carbocycles. The highest BCUT2D eigenvalue weighted by molar-refractivity contribution is 5.99. The molecule has 1 aromatic heterocycles. The van der Waals surface area contributed by atoms with Crippen LogP contribution in [-0.4, -0.2) is 64.0 Å². The van der Waals surface area contributed by atoms with Crippen LogP contribution in [0.5, 0.6) is 0 Å². The fourth-order valence-electron chi connectivity index (χ4n) is 3.30. The molecule has 2 aromatic rings. The van der Waals surface area contributed by atoms with E-state index in [2.05, 4.69) is 10.4 Å². The van der Waals surface area contributed by atoms with Crippen molar-refractivity contribution in [3.8, 4) is 0 Å². The van der Waals surface area contributed by atoms with Crippen LogP contribution in [0.1, 0.15) is 46.3 Å². The number of rotatable bonds is 7. The number of benzene rings is 1. The number of likely N-dealkylation sites (N-methyl/N-ethyl adjacent to an activating group) is 1. The van der Waals surface area contributed by atoms with Crippen molar-refractivity contribution in [1.82, 2.24) is 24.9 Å². The van der Waals surface area contributed by atoms with Gasteiger partial charge in [0.15, 0.2) is 5.69 Å². The fraction of sp³-hybridized carbons (Fsp3) is 0.429. The molecule has 0 aliphatic carbocycles. The van der Waals surface area contributed by atoms with Crippen LogP contribution >= 0.6 is 0 Å². The van der Waals surface area contributed by atoms with Crippen molar-refractivity contribution in [3.05, 3.63) is 53.3 Å². The number of carbonyl (C=O) groups excluding carboxylic acids is 3. The molecule has 8 heteroatoms. The van der Waals surface area contributed by atoms with Gasteiger partial charge >= 0.3 is 0 Å². The Hall–Kier alpha value is -3.16. The molecule has 0 bridgehead atoms. The van der Waals surface area contributed by atoms with E-state index in [0.29, 0.717) is 31.9 Å². The van der Waals surface area contributed by atoms with Crippen LogP contribution in [0, 0.1) is 0 Å². The number of aromatic nitrogens is 2. The Morgan fingerprint density at radius 1 is 1.21 bits per heavy atom. The van der Waals surface area contributed by atoms with Crippen molar-refractivity contribution < 1.29 is 14.4 Å². The molecule has 3 rings (SSSR count). The van der Waals surface area contributed by atoms with Gasteiger partial charge in [-0.25, -0.2) is 0 Å². The van der Waals surface area contributed by atoms with Gasteiger partial charge in [-0.3, -0.25) is 19.1 Å². The molecule has 29 heavy (non-hydrogen) atoms. The lowest BCUT2D eigenvalue weighted by Crippen LogP contribution is -2.38. The molecule has 0 radical (unpaired) electrons. The van der Waals surface area contributed by atoms with Crippen LogP contribution in [-0.2, 0) is 17.9 Å². The van der Waals surface area contributed by atoms with Gasteiger partial charge in [0.05, 0.1) is 6.54 Å². The van der Waals surface area contributed by atoms with Gasteiger partial charge in [-0.2, -0.15) is 5.10 Å². The summed E-state index contributed by atoms with van der Waals surface area (Å²) in [6.07, 6.45) is 1.59. The highest BCUT2D eigenvalue weighted by Crippen LogP contribution is 2.17. The summed E-state index contributed by atoms with van der Waals surface area (Å²) < 4.78 is 1.60. The third-order valence-corrected chi connectivity index (χ3v) is 4.82. The van der Waals surface area contributed by atoms with E-state index in [-0.39, 0.29) is 30.0 Å². The van der Waals surface area contributed by atoms with Crippen LogP contribution in [0.15, 0.2) is 36.4 Å². The largest absolute Gasteiger partial charge is 0.355 e. The smallest absolute Gasteiger partial charge is 0.274 e. The van der Waals surface area contributed by atoms with Crippen molar-refractivity contribution in [3.63, 3.8) is 0 Å². The zero-order valence-corrected chi connectivity index (χ0v) is 16.9. The Bertz CT molecular complexity index is 878. The summed E-state index contributed by atoms with van der Waals surface area (Å²) in [5.41, 5.74) is 1.65. The van der Waals surface area contributed by atoms with E-state index >= 15 is 0 Å². The zero-order valence-electron chi connectivity index (χ0n) is 16.9. The molecule has 1 aliphatic heterocycles. The topological polar surface area (TPSA) is 87.5 Å². The number of amides is 3. The predicted octanol–water partition coefficient (Wildman–Crippen LogP) is 1.53. The highest BCUT2D eigenvalue weighted by Gasteiger charge is 2.27. The molecule has 0 unspecified atom stereocenters. The van der Waals surface area contributed by atoms with E-state index in [1.54, 1.807) is 16.6 Å². The lowest BCUT2D eigenvalue weighted by Gasteiger charge is -2.20. The van der Waals surface area contributed by atoms with Gasteiger partial charge in [-0.15, -0.1) is 0 Å². The second-order valence-electron chi connectivity index (χ2n) is 7.21. The van der Waals surface area contributed by atoms with Crippen LogP contribution in [0.2, 0.25) is 0 Å². The van der Waals surface area contributed by atoms with Gasteiger partial charge in [0, 0.05) is 39.3 Å². The first kappa shape index (κ1) is 20.6. The second-order valence-corrected chi connectivity index (χ2v) is 7.21. The lowest BCUT2D eigenvalue weighted by molar-refractivity contribution is -0.121. The molecular formula is C21H27N5O3. The van der Waals surface area contributed by atoms with Crippen molar-refractivity contribution >= 4 is 17.7 Å². The minimum absolute atomic E-state index is 0.0465. The van der Waals surface area contributed by atoms with E-state index in [4.69, 9.17) is 0 Å². The lowest BCUT2D eigenvalue weighted by atomic mass is 10.2. The maximum absolute atomic E-state index is 13.0. The molecular weight excluding hydrogens is 370 g/mol. The number of hydrogen-bond donors (Lipinski definition) is 1. The number of aryl methyl sites for hydroxylation is 1. The quantitative estimate of drug-likeness (QED) is 0.768. The number of nitrogens with one attached hydrogen (secondary N) is 1. The number of carbonyl (C=O) groups is 3.